The number of hydrogen-bond donors (Lipinski definition) is 2. The standard InChI is InChI=1S/C18H21NO2/c1-2-19-18-10-5-14-11-16(8-9-17(14)18)21-12-13-3-6-15(20)7-4-13/h3-4,6-9,11,18-20H,2,5,10,12H2,1H3. The van der Waals surface area contributed by atoms with E-state index in [1.54, 1.807) is 12.1 Å². The average Bonchev–Trinajstić information content (AvgIpc) is 2.90. The summed E-state index contributed by atoms with van der Waals surface area (Å²) in [6.45, 7) is 3.67. The van der Waals surface area contributed by atoms with Crippen molar-refractivity contribution >= 4 is 0 Å². The predicted octanol–water partition coefficient (Wildman–Crippen LogP) is 3.57. The second-order valence-corrected chi connectivity index (χ2v) is 5.46. The molecule has 2 N–H and O–H groups in total. The summed E-state index contributed by atoms with van der Waals surface area (Å²) < 4.78 is 5.85. The number of aryl methyl sites for hydroxylation is 1. The minimum Gasteiger partial charge on any atom is -0.508 e. The van der Waals surface area contributed by atoms with Gasteiger partial charge < -0.3 is 15.2 Å². The topological polar surface area (TPSA) is 41.5 Å². The molecule has 0 saturated carbocycles. The van der Waals surface area contributed by atoms with Crippen LogP contribution in [0.5, 0.6) is 11.5 Å². The van der Waals surface area contributed by atoms with Crippen LogP contribution in [0.4, 0.5) is 0 Å². The molecule has 0 spiro atoms. The summed E-state index contributed by atoms with van der Waals surface area (Å²) in [6.07, 6.45) is 2.29. The molecule has 0 heterocycles. The van der Waals surface area contributed by atoms with Crippen molar-refractivity contribution in [1.82, 2.24) is 5.32 Å². The predicted molar refractivity (Wildman–Crippen MR) is 83.6 cm³/mol. The first-order valence-corrected chi connectivity index (χ1v) is 7.53. The maximum absolute atomic E-state index is 9.27. The lowest BCUT2D eigenvalue weighted by Gasteiger charge is -2.13. The fourth-order valence-corrected chi connectivity index (χ4v) is 2.90. The van der Waals surface area contributed by atoms with E-state index in [4.69, 9.17) is 4.74 Å². The smallest absolute Gasteiger partial charge is 0.120 e. The highest BCUT2D eigenvalue weighted by atomic mass is 16.5. The fourth-order valence-electron chi connectivity index (χ4n) is 2.90. The van der Waals surface area contributed by atoms with Gasteiger partial charge in [-0.15, -0.1) is 0 Å². The summed E-state index contributed by atoms with van der Waals surface area (Å²) in [4.78, 5) is 0. The van der Waals surface area contributed by atoms with Crippen LogP contribution in [0.3, 0.4) is 0 Å². The maximum Gasteiger partial charge on any atom is 0.120 e. The van der Waals surface area contributed by atoms with Crippen LogP contribution < -0.4 is 10.1 Å². The molecule has 2 aromatic carbocycles. The van der Waals surface area contributed by atoms with Crippen molar-refractivity contribution in [2.24, 2.45) is 0 Å². The van der Waals surface area contributed by atoms with Gasteiger partial charge in [0.15, 0.2) is 0 Å². The molecule has 0 amide bonds. The Bertz CT molecular complexity index is 607. The molecule has 0 radical (unpaired) electrons. The van der Waals surface area contributed by atoms with Crippen molar-refractivity contribution in [3.8, 4) is 11.5 Å². The molecule has 3 heteroatoms. The van der Waals surface area contributed by atoms with E-state index in [1.165, 1.54) is 17.5 Å². The van der Waals surface area contributed by atoms with Gasteiger partial charge in [0.1, 0.15) is 18.1 Å². The highest BCUT2D eigenvalue weighted by molar-refractivity contribution is 5.40. The van der Waals surface area contributed by atoms with Crippen LogP contribution in [0.25, 0.3) is 0 Å². The van der Waals surface area contributed by atoms with E-state index in [9.17, 15) is 5.11 Å². The third-order valence-electron chi connectivity index (χ3n) is 3.98. The zero-order chi connectivity index (χ0) is 14.7. The monoisotopic (exact) mass is 283 g/mol. The van der Waals surface area contributed by atoms with E-state index < -0.39 is 0 Å². The number of phenols is 1. The highest BCUT2D eigenvalue weighted by Gasteiger charge is 2.21. The first-order valence-electron chi connectivity index (χ1n) is 7.53. The first kappa shape index (κ1) is 14.0. The molecule has 110 valence electrons. The molecule has 1 aliphatic carbocycles. The van der Waals surface area contributed by atoms with E-state index in [0.29, 0.717) is 12.6 Å². The van der Waals surface area contributed by atoms with E-state index in [1.807, 2.05) is 12.1 Å². The Kier molecular flexibility index (Phi) is 4.11. The molecule has 0 saturated heterocycles. The lowest BCUT2D eigenvalue weighted by Crippen LogP contribution is -2.18. The number of nitrogens with one attached hydrogen (secondary N) is 1. The van der Waals surface area contributed by atoms with Gasteiger partial charge in [0, 0.05) is 6.04 Å². The number of benzene rings is 2. The molecule has 1 atom stereocenters. The van der Waals surface area contributed by atoms with Gasteiger partial charge >= 0.3 is 0 Å². The number of fused-ring (bicyclic) bond motifs is 1. The molecule has 3 rings (SSSR count). The van der Waals surface area contributed by atoms with Crippen LogP contribution in [-0.2, 0) is 13.0 Å². The molecule has 0 fully saturated rings. The van der Waals surface area contributed by atoms with E-state index >= 15 is 0 Å². The SMILES string of the molecule is CCNC1CCc2cc(OCc3ccc(O)cc3)ccc21. The summed E-state index contributed by atoms with van der Waals surface area (Å²) in [5.41, 5.74) is 3.86. The Labute approximate surface area is 125 Å². The molecule has 0 bridgehead atoms. The van der Waals surface area contributed by atoms with Crippen LogP contribution >= 0.6 is 0 Å². The fraction of sp³-hybridized carbons (Fsp3) is 0.333. The summed E-state index contributed by atoms with van der Waals surface area (Å²) in [6, 6.07) is 14.0. The second kappa shape index (κ2) is 6.19. The van der Waals surface area contributed by atoms with E-state index in [-0.39, 0.29) is 5.75 Å². The van der Waals surface area contributed by atoms with Gasteiger partial charge in [-0.3, -0.25) is 0 Å². The van der Waals surface area contributed by atoms with Crippen molar-refractivity contribution in [1.29, 1.82) is 0 Å². The molecular formula is C18H21NO2. The molecule has 0 aliphatic heterocycles. The van der Waals surface area contributed by atoms with Crippen molar-refractivity contribution in [3.05, 3.63) is 59.2 Å². The second-order valence-electron chi connectivity index (χ2n) is 5.46. The summed E-state index contributed by atoms with van der Waals surface area (Å²) in [5.74, 6) is 1.20. The van der Waals surface area contributed by atoms with Gasteiger partial charge in [-0.2, -0.15) is 0 Å². The number of aromatic hydroxyl groups is 1. The Morgan fingerprint density at radius 2 is 2.00 bits per heavy atom. The Hall–Kier alpha value is -2.00. The van der Waals surface area contributed by atoms with E-state index in [2.05, 4.69) is 30.4 Å². The number of phenolic OH excluding ortho intramolecular Hbond substituents is 1. The average molecular weight is 283 g/mol. The molecule has 21 heavy (non-hydrogen) atoms. The zero-order valence-electron chi connectivity index (χ0n) is 12.3. The third kappa shape index (κ3) is 3.19. The van der Waals surface area contributed by atoms with E-state index in [0.717, 1.165) is 24.3 Å². The minimum atomic E-state index is 0.283. The van der Waals surface area contributed by atoms with Crippen molar-refractivity contribution < 1.29 is 9.84 Å². The van der Waals surface area contributed by atoms with Gasteiger partial charge in [0.2, 0.25) is 0 Å². The Balaban J connectivity index is 1.66. The molecule has 1 aliphatic rings. The quantitative estimate of drug-likeness (QED) is 0.881. The Morgan fingerprint density at radius 1 is 1.19 bits per heavy atom. The third-order valence-corrected chi connectivity index (χ3v) is 3.98. The molecule has 2 aromatic rings. The van der Waals surface area contributed by atoms with Gasteiger partial charge in [-0.05, 0) is 60.3 Å². The molecule has 1 unspecified atom stereocenters. The molecular weight excluding hydrogens is 262 g/mol. The molecule has 0 aromatic heterocycles. The largest absolute Gasteiger partial charge is 0.508 e. The van der Waals surface area contributed by atoms with Crippen LogP contribution in [-0.4, -0.2) is 11.7 Å². The van der Waals surface area contributed by atoms with Crippen molar-refractivity contribution in [2.45, 2.75) is 32.4 Å². The van der Waals surface area contributed by atoms with Crippen LogP contribution in [0, 0.1) is 0 Å². The van der Waals surface area contributed by atoms with Crippen molar-refractivity contribution in [3.63, 3.8) is 0 Å². The van der Waals surface area contributed by atoms with Crippen molar-refractivity contribution in [2.75, 3.05) is 6.54 Å². The lowest BCUT2D eigenvalue weighted by atomic mass is 10.1. The lowest BCUT2D eigenvalue weighted by molar-refractivity contribution is 0.305. The zero-order valence-corrected chi connectivity index (χ0v) is 12.3. The van der Waals surface area contributed by atoms with Gasteiger partial charge in [0.05, 0.1) is 0 Å². The van der Waals surface area contributed by atoms with Crippen LogP contribution in [0.15, 0.2) is 42.5 Å². The summed E-state index contributed by atoms with van der Waals surface area (Å²) in [7, 11) is 0. The van der Waals surface area contributed by atoms with Crippen LogP contribution in [0.1, 0.15) is 36.1 Å². The summed E-state index contributed by atoms with van der Waals surface area (Å²) >= 11 is 0. The van der Waals surface area contributed by atoms with Crippen LogP contribution in [0.2, 0.25) is 0 Å². The normalized spacial score (nSPS) is 16.7. The number of ether oxygens (including phenoxy) is 1. The van der Waals surface area contributed by atoms with Gasteiger partial charge in [-0.25, -0.2) is 0 Å². The van der Waals surface area contributed by atoms with Gasteiger partial charge in [-0.1, -0.05) is 25.1 Å². The number of hydrogen-bond acceptors (Lipinski definition) is 3. The molecule has 3 nitrogen and oxygen atoms in total. The van der Waals surface area contributed by atoms with Gasteiger partial charge in [0.25, 0.3) is 0 Å². The first-order chi connectivity index (χ1) is 10.3. The number of rotatable bonds is 5. The summed E-state index contributed by atoms with van der Waals surface area (Å²) in [5, 5.41) is 12.8. The highest BCUT2D eigenvalue weighted by Crippen LogP contribution is 2.33. The Morgan fingerprint density at radius 3 is 2.76 bits per heavy atom. The maximum atomic E-state index is 9.27. The minimum absolute atomic E-state index is 0.283.